The first-order valence-corrected chi connectivity index (χ1v) is 8.22. The largest absolute Gasteiger partial charge is 0.444 e. The standard InChI is InChI=1S/C16H30N2O3/c1-16(2,3)21-15(20)18(14-6-7-14)12-13-5-4-8-17(11-13)9-10-19/h13-14,19H,4-12H2,1-3H3/t13-/m0/s1. The maximum atomic E-state index is 12.4. The van der Waals surface area contributed by atoms with Gasteiger partial charge < -0.3 is 19.6 Å². The van der Waals surface area contributed by atoms with Crippen LogP contribution in [0.15, 0.2) is 0 Å². The molecule has 1 heterocycles. The lowest BCUT2D eigenvalue weighted by Gasteiger charge is -2.36. The van der Waals surface area contributed by atoms with E-state index in [2.05, 4.69) is 4.90 Å². The van der Waals surface area contributed by atoms with Crippen LogP contribution in [-0.4, -0.2) is 65.4 Å². The third-order valence-corrected chi connectivity index (χ3v) is 4.09. The number of hydrogen-bond acceptors (Lipinski definition) is 4. The summed E-state index contributed by atoms with van der Waals surface area (Å²) in [5, 5.41) is 9.07. The Morgan fingerprint density at radius 3 is 2.62 bits per heavy atom. The fraction of sp³-hybridized carbons (Fsp3) is 0.938. The van der Waals surface area contributed by atoms with Crippen molar-refractivity contribution >= 4 is 6.09 Å². The molecule has 0 unspecified atom stereocenters. The molecule has 0 aromatic rings. The highest BCUT2D eigenvalue weighted by atomic mass is 16.6. The lowest BCUT2D eigenvalue weighted by Crippen LogP contribution is -2.45. The Balaban J connectivity index is 1.89. The van der Waals surface area contributed by atoms with Crippen LogP contribution < -0.4 is 0 Å². The second-order valence-electron chi connectivity index (χ2n) is 7.40. The smallest absolute Gasteiger partial charge is 0.410 e. The Labute approximate surface area is 128 Å². The van der Waals surface area contributed by atoms with Crippen LogP contribution in [0.1, 0.15) is 46.5 Å². The summed E-state index contributed by atoms with van der Waals surface area (Å²) in [5.41, 5.74) is -0.431. The second kappa shape index (κ2) is 6.97. The van der Waals surface area contributed by atoms with Gasteiger partial charge in [0.05, 0.1) is 6.61 Å². The van der Waals surface area contributed by atoms with Crippen molar-refractivity contribution in [3.8, 4) is 0 Å². The quantitative estimate of drug-likeness (QED) is 0.844. The molecule has 0 aromatic heterocycles. The summed E-state index contributed by atoms with van der Waals surface area (Å²) >= 11 is 0. The number of hydrogen-bond donors (Lipinski definition) is 1. The number of ether oxygens (including phenoxy) is 1. The number of β-amino-alcohol motifs (C(OH)–C–C–N with tert-alkyl or cyclic N) is 1. The van der Waals surface area contributed by atoms with Gasteiger partial charge in [-0.05, 0) is 58.9 Å². The summed E-state index contributed by atoms with van der Waals surface area (Å²) in [4.78, 5) is 16.6. The lowest BCUT2D eigenvalue weighted by atomic mass is 9.97. The monoisotopic (exact) mass is 298 g/mol. The number of nitrogens with zero attached hydrogens (tertiary/aromatic N) is 2. The Bertz CT molecular complexity index is 348. The van der Waals surface area contributed by atoms with E-state index in [4.69, 9.17) is 9.84 Å². The minimum Gasteiger partial charge on any atom is -0.444 e. The number of piperidine rings is 1. The van der Waals surface area contributed by atoms with Gasteiger partial charge >= 0.3 is 6.09 Å². The van der Waals surface area contributed by atoms with Gasteiger partial charge in [-0.2, -0.15) is 0 Å². The van der Waals surface area contributed by atoms with Gasteiger partial charge in [0, 0.05) is 25.7 Å². The van der Waals surface area contributed by atoms with E-state index >= 15 is 0 Å². The zero-order valence-corrected chi connectivity index (χ0v) is 13.7. The number of amides is 1. The van der Waals surface area contributed by atoms with Gasteiger partial charge in [-0.25, -0.2) is 4.79 Å². The van der Waals surface area contributed by atoms with Gasteiger partial charge in [0.2, 0.25) is 0 Å². The van der Waals surface area contributed by atoms with E-state index in [0.717, 1.165) is 51.9 Å². The summed E-state index contributed by atoms with van der Waals surface area (Å²) in [7, 11) is 0. The van der Waals surface area contributed by atoms with Gasteiger partial charge in [-0.15, -0.1) is 0 Å². The van der Waals surface area contributed by atoms with Crippen LogP contribution in [0, 0.1) is 5.92 Å². The summed E-state index contributed by atoms with van der Waals surface area (Å²) in [5.74, 6) is 0.499. The summed E-state index contributed by atoms with van der Waals surface area (Å²) in [6.45, 7) is 9.54. The predicted octanol–water partition coefficient (Wildman–Crippen LogP) is 2.09. The average Bonchev–Trinajstić information content (AvgIpc) is 3.19. The molecule has 122 valence electrons. The summed E-state index contributed by atoms with van der Waals surface area (Å²) < 4.78 is 5.55. The second-order valence-corrected chi connectivity index (χ2v) is 7.40. The Kier molecular flexibility index (Phi) is 5.49. The maximum Gasteiger partial charge on any atom is 0.410 e. The molecular weight excluding hydrogens is 268 g/mol. The Morgan fingerprint density at radius 1 is 1.33 bits per heavy atom. The zero-order chi connectivity index (χ0) is 15.5. The third kappa shape index (κ3) is 5.47. The number of aliphatic hydroxyl groups excluding tert-OH is 1. The van der Waals surface area contributed by atoms with Crippen LogP contribution in [0.4, 0.5) is 4.79 Å². The first kappa shape index (κ1) is 16.6. The fourth-order valence-corrected chi connectivity index (χ4v) is 3.00. The van der Waals surface area contributed by atoms with Crippen molar-refractivity contribution in [1.29, 1.82) is 0 Å². The molecule has 2 aliphatic rings. The van der Waals surface area contributed by atoms with Crippen molar-refractivity contribution in [3.63, 3.8) is 0 Å². The lowest BCUT2D eigenvalue weighted by molar-refractivity contribution is 0.0164. The molecule has 1 saturated carbocycles. The van der Waals surface area contributed by atoms with Crippen molar-refractivity contribution in [2.45, 2.75) is 58.1 Å². The van der Waals surface area contributed by atoms with E-state index in [-0.39, 0.29) is 12.7 Å². The van der Waals surface area contributed by atoms with E-state index in [1.807, 2.05) is 25.7 Å². The first-order valence-electron chi connectivity index (χ1n) is 8.22. The SMILES string of the molecule is CC(C)(C)OC(=O)N(C[C@H]1CCCN(CCO)C1)C1CC1. The summed E-state index contributed by atoms with van der Waals surface area (Å²) in [6, 6.07) is 0.382. The van der Waals surface area contributed by atoms with Crippen molar-refractivity contribution in [2.24, 2.45) is 5.92 Å². The van der Waals surface area contributed by atoms with Gasteiger partial charge in [-0.1, -0.05) is 0 Å². The van der Waals surface area contributed by atoms with Gasteiger partial charge in [0.25, 0.3) is 0 Å². The molecule has 0 bridgehead atoms. The Morgan fingerprint density at radius 2 is 2.05 bits per heavy atom. The number of rotatable bonds is 5. The molecule has 1 N–H and O–H groups in total. The zero-order valence-electron chi connectivity index (χ0n) is 13.7. The van der Waals surface area contributed by atoms with Crippen LogP contribution in [-0.2, 0) is 4.74 Å². The first-order chi connectivity index (χ1) is 9.89. The van der Waals surface area contributed by atoms with Crippen LogP contribution in [0.2, 0.25) is 0 Å². The van der Waals surface area contributed by atoms with Crippen LogP contribution in [0.5, 0.6) is 0 Å². The van der Waals surface area contributed by atoms with Gasteiger partial charge in [0.1, 0.15) is 5.60 Å². The van der Waals surface area contributed by atoms with Crippen molar-refractivity contribution < 1.29 is 14.6 Å². The minimum absolute atomic E-state index is 0.163. The minimum atomic E-state index is -0.431. The molecule has 1 atom stereocenters. The number of aliphatic hydroxyl groups is 1. The molecule has 21 heavy (non-hydrogen) atoms. The molecular formula is C16H30N2O3. The van der Waals surface area contributed by atoms with E-state index in [1.54, 1.807) is 0 Å². The van der Waals surface area contributed by atoms with Crippen LogP contribution in [0.25, 0.3) is 0 Å². The van der Waals surface area contributed by atoms with E-state index < -0.39 is 5.60 Å². The van der Waals surface area contributed by atoms with E-state index in [0.29, 0.717) is 12.0 Å². The molecule has 1 aliphatic heterocycles. The molecule has 2 rings (SSSR count). The van der Waals surface area contributed by atoms with Gasteiger partial charge in [0.15, 0.2) is 0 Å². The summed E-state index contributed by atoms with van der Waals surface area (Å²) in [6.07, 6.45) is 4.36. The van der Waals surface area contributed by atoms with Crippen molar-refractivity contribution in [3.05, 3.63) is 0 Å². The average molecular weight is 298 g/mol. The molecule has 0 aromatic carbocycles. The normalized spacial score (nSPS) is 23.9. The van der Waals surface area contributed by atoms with Crippen molar-refractivity contribution in [1.82, 2.24) is 9.80 Å². The molecule has 5 nitrogen and oxygen atoms in total. The topological polar surface area (TPSA) is 53.0 Å². The molecule has 1 saturated heterocycles. The highest BCUT2D eigenvalue weighted by Gasteiger charge is 2.37. The van der Waals surface area contributed by atoms with E-state index in [9.17, 15) is 4.79 Å². The molecule has 2 fully saturated rings. The Hall–Kier alpha value is -0.810. The van der Waals surface area contributed by atoms with Crippen LogP contribution >= 0.6 is 0 Å². The fourth-order valence-electron chi connectivity index (χ4n) is 3.00. The number of carbonyl (C=O) groups excluding carboxylic acids is 1. The van der Waals surface area contributed by atoms with E-state index in [1.165, 1.54) is 0 Å². The van der Waals surface area contributed by atoms with Crippen LogP contribution in [0.3, 0.4) is 0 Å². The number of carbonyl (C=O) groups is 1. The van der Waals surface area contributed by atoms with Crippen molar-refractivity contribution in [2.75, 3.05) is 32.8 Å². The predicted molar refractivity (Wildman–Crippen MR) is 82.2 cm³/mol. The molecule has 5 heteroatoms. The molecule has 0 spiro atoms. The maximum absolute atomic E-state index is 12.4. The highest BCUT2D eigenvalue weighted by molar-refractivity contribution is 5.69. The molecule has 1 amide bonds. The van der Waals surface area contributed by atoms with Gasteiger partial charge in [-0.3, -0.25) is 0 Å². The molecule has 1 aliphatic carbocycles. The molecule has 0 radical (unpaired) electrons. The third-order valence-electron chi connectivity index (χ3n) is 4.09. The highest BCUT2D eigenvalue weighted by Crippen LogP contribution is 2.30. The number of likely N-dealkylation sites (tertiary alicyclic amines) is 1.